The third-order valence-electron chi connectivity index (χ3n) is 4.83. The number of amides is 2. The van der Waals surface area contributed by atoms with Gasteiger partial charge >= 0.3 is 0 Å². The number of carbonyl (C=O) groups excluding carboxylic acids is 2. The minimum absolute atomic E-state index is 0.342. The molecular weight excluding hydrogens is 396 g/mol. The van der Waals surface area contributed by atoms with Crippen LogP contribution in [0.25, 0.3) is 6.08 Å². The van der Waals surface area contributed by atoms with Crippen LogP contribution in [0.1, 0.15) is 18.4 Å². The number of hydrogen-bond donors (Lipinski definition) is 0. The average molecular weight is 415 g/mol. The number of rotatable bonds is 4. The van der Waals surface area contributed by atoms with Crippen molar-refractivity contribution in [1.82, 2.24) is 0 Å². The van der Waals surface area contributed by atoms with Gasteiger partial charge in [-0.25, -0.2) is 4.90 Å². The molecule has 2 aliphatic heterocycles. The molecule has 0 aromatic heterocycles. The van der Waals surface area contributed by atoms with Crippen LogP contribution >= 0.6 is 23.4 Å². The number of imide groups is 1. The molecule has 0 atom stereocenters. The Kier molecular flexibility index (Phi) is 5.33. The maximum Gasteiger partial charge on any atom is 0.298 e. The van der Waals surface area contributed by atoms with Crippen LogP contribution in [-0.2, 0) is 4.79 Å². The summed E-state index contributed by atoms with van der Waals surface area (Å²) in [5.74, 6) is 0.321. The van der Waals surface area contributed by atoms with Gasteiger partial charge in [0.05, 0.1) is 17.7 Å². The summed E-state index contributed by atoms with van der Waals surface area (Å²) < 4.78 is 5.54. The minimum Gasteiger partial charge on any atom is -0.496 e. The van der Waals surface area contributed by atoms with Gasteiger partial charge in [0, 0.05) is 35.4 Å². The molecule has 144 valence electrons. The minimum atomic E-state index is -0.358. The van der Waals surface area contributed by atoms with Gasteiger partial charge in [0.15, 0.2) is 0 Å². The van der Waals surface area contributed by atoms with Gasteiger partial charge < -0.3 is 9.64 Å². The van der Waals surface area contributed by atoms with Gasteiger partial charge in [-0.05, 0) is 61.0 Å². The largest absolute Gasteiger partial charge is 0.496 e. The number of ether oxygens (including phenoxy) is 1. The van der Waals surface area contributed by atoms with Gasteiger partial charge in [-0.1, -0.05) is 17.7 Å². The first-order chi connectivity index (χ1) is 13.6. The second-order valence-electron chi connectivity index (χ2n) is 6.62. The monoisotopic (exact) mass is 414 g/mol. The van der Waals surface area contributed by atoms with E-state index in [4.69, 9.17) is 16.3 Å². The zero-order valence-corrected chi connectivity index (χ0v) is 16.9. The molecule has 28 heavy (non-hydrogen) atoms. The average Bonchev–Trinajstić information content (AvgIpc) is 3.31. The van der Waals surface area contributed by atoms with Gasteiger partial charge in [-0.2, -0.15) is 0 Å². The maximum atomic E-state index is 12.8. The van der Waals surface area contributed by atoms with Crippen molar-refractivity contribution in [3.8, 4) is 5.75 Å². The molecule has 2 saturated heterocycles. The fraction of sp³-hybridized carbons (Fsp3) is 0.238. The number of nitrogens with zero attached hydrogens (tertiary/aromatic N) is 2. The summed E-state index contributed by atoms with van der Waals surface area (Å²) in [5, 5.41) is 0.130. The van der Waals surface area contributed by atoms with E-state index in [0.29, 0.717) is 21.4 Å². The van der Waals surface area contributed by atoms with Gasteiger partial charge in [0.1, 0.15) is 5.75 Å². The quantitative estimate of drug-likeness (QED) is 0.644. The standard InChI is InChI=1S/C21H19ClN2O3S/c1-27-18-13-16(23-9-2-3-10-23)8-7-14(18)11-19-20(25)24(21(26)28-19)17-6-4-5-15(22)12-17/h4-8,11-13H,2-3,9-10H2,1H3/b19-11+. The van der Waals surface area contributed by atoms with E-state index >= 15 is 0 Å². The Morgan fingerprint density at radius 3 is 2.57 bits per heavy atom. The Bertz CT molecular complexity index is 970. The summed E-state index contributed by atoms with van der Waals surface area (Å²) >= 11 is 6.92. The molecule has 0 spiro atoms. The van der Waals surface area contributed by atoms with Crippen molar-refractivity contribution in [3.63, 3.8) is 0 Å². The lowest BCUT2D eigenvalue weighted by molar-refractivity contribution is -0.113. The van der Waals surface area contributed by atoms with Gasteiger partial charge in [0.2, 0.25) is 0 Å². The Balaban J connectivity index is 1.63. The lowest BCUT2D eigenvalue weighted by Crippen LogP contribution is -2.27. The van der Waals surface area contributed by atoms with Gasteiger partial charge in [0.25, 0.3) is 11.1 Å². The zero-order chi connectivity index (χ0) is 19.7. The first-order valence-electron chi connectivity index (χ1n) is 9.03. The van der Waals surface area contributed by atoms with Crippen LogP contribution in [0.4, 0.5) is 16.2 Å². The lowest BCUT2D eigenvalue weighted by Gasteiger charge is -2.19. The molecule has 2 aromatic carbocycles. The van der Waals surface area contributed by atoms with Crippen molar-refractivity contribution in [2.45, 2.75) is 12.8 Å². The molecular formula is C21H19ClN2O3S. The Morgan fingerprint density at radius 1 is 1.07 bits per heavy atom. The first kappa shape index (κ1) is 18.9. The van der Waals surface area contributed by atoms with Crippen LogP contribution in [0, 0.1) is 0 Å². The maximum absolute atomic E-state index is 12.8. The van der Waals surface area contributed by atoms with Crippen LogP contribution in [0.3, 0.4) is 0 Å². The van der Waals surface area contributed by atoms with Crippen molar-refractivity contribution in [2.24, 2.45) is 0 Å². The molecule has 2 fully saturated rings. The Labute approximate surface area is 172 Å². The summed E-state index contributed by atoms with van der Waals surface area (Å²) in [6.07, 6.45) is 4.10. The first-order valence-corrected chi connectivity index (χ1v) is 10.2. The Morgan fingerprint density at radius 2 is 1.86 bits per heavy atom. The number of methoxy groups -OCH3 is 1. The zero-order valence-electron chi connectivity index (χ0n) is 15.4. The van der Waals surface area contributed by atoms with E-state index in [-0.39, 0.29) is 11.1 Å². The number of halogens is 1. The third kappa shape index (κ3) is 3.62. The molecule has 2 aromatic rings. The molecule has 0 aliphatic carbocycles. The van der Waals surface area contributed by atoms with Crippen molar-refractivity contribution in [1.29, 1.82) is 0 Å². The van der Waals surface area contributed by atoms with E-state index in [1.807, 2.05) is 18.2 Å². The second-order valence-corrected chi connectivity index (χ2v) is 8.05. The number of hydrogen-bond acceptors (Lipinski definition) is 5. The van der Waals surface area contributed by atoms with E-state index in [1.165, 1.54) is 12.8 Å². The molecule has 0 N–H and O–H groups in total. The summed E-state index contributed by atoms with van der Waals surface area (Å²) in [7, 11) is 1.61. The number of anilines is 2. The molecule has 0 saturated carbocycles. The van der Waals surface area contributed by atoms with E-state index in [2.05, 4.69) is 4.90 Å². The fourth-order valence-corrected chi connectivity index (χ4v) is 4.45. The van der Waals surface area contributed by atoms with E-state index in [0.717, 1.165) is 41.0 Å². The number of thioether (sulfide) groups is 1. The summed E-state index contributed by atoms with van der Waals surface area (Å²) in [6.45, 7) is 2.09. The smallest absolute Gasteiger partial charge is 0.298 e. The molecule has 0 radical (unpaired) electrons. The van der Waals surface area contributed by atoms with Crippen molar-refractivity contribution in [3.05, 3.63) is 58.0 Å². The lowest BCUT2D eigenvalue weighted by atomic mass is 10.1. The second kappa shape index (κ2) is 7.89. The molecule has 0 unspecified atom stereocenters. The molecule has 4 rings (SSSR count). The molecule has 7 heteroatoms. The third-order valence-corrected chi connectivity index (χ3v) is 5.94. The predicted molar refractivity (Wildman–Crippen MR) is 114 cm³/mol. The van der Waals surface area contributed by atoms with Crippen LogP contribution in [0.5, 0.6) is 5.75 Å². The van der Waals surface area contributed by atoms with Gasteiger partial charge in [-0.3, -0.25) is 9.59 Å². The highest BCUT2D eigenvalue weighted by atomic mass is 35.5. The fourth-order valence-electron chi connectivity index (χ4n) is 3.44. The highest BCUT2D eigenvalue weighted by Gasteiger charge is 2.36. The normalized spacial score (nSPS) is 18.4. The highest BCUT2D eigenvalue weighted by molar-refractivity contribution is 8.19. The van der Waals surface area contributed by atoms with Crippen LogP contribution < -0.4 is 14.5 Å². The molecule has 2 heterocycles. The summed E-state index contributed by atoms with van der Waals surface area (Å²) in [6, 6.07) is 12.7. The van der Waals surface area contributed by atoms with Crippen LogP contribution in [0.15, 0.2) is 47.4 Å². The topological polar surface area (TPSA) is 49.9 Å². The SMILES string of the molecule is COc1cc(N2CCCC2)ccc1/C=C1/SC(=O)N(c2cccc(Cl)c2)C1=O. The number of carbonyl (C=O) groups is 2. The molecule has 0 bridgehead atoms. The summed E-state index contributed by atoms with van der Waals surface area (Å²) in [5.41, 5.74) is 2.34. The van der Waals surface area contributed by atoms with E-state index < -0.39 is 0 Å². The molecule has 5 nitrogen and oxygen atoms in total. The Hall–Kier alpha value is -2.44. The highest BCUT2D eigenvalue weighted by Crippen LogP contribution is 2.38. The van der Waals surface area contributed by atoms with Gasteiger partial charge in [-0.15, -0.1) is 0 Å². The predicted octanol–water partition coefficient (Wildman–Crippen LogP) is 5.19. The van der Waals surface area contributed by atoms with Crippen molar-refractivity contribution in [2.75, 3.05) is 30.0 Å². The van der Waals surface area contributed by atoms with Crippen LogP contribution in [0.2, 0.25) is 5.02 Å². The van der Waals surface area contributed by atoms with Crippen molar-refractivity contribution < 1.29 is 14.3 Å². The van der Waals surface area contributed by atoms with Crippen LogP contribution in [-0.4, -0.2) is 31.3 Å². The summed E-state index contributed by atoms with van der Waals surface area (Å²) in [4.78, 5) is 29.1. The molecule has 2 amide bonds. The number of benzene rings is 2. The van der Waals surface area contributed by atoms with Crippen molar-refractivity contribution >= 4 is 52.0 Å². The molecule has 2 aliphatic rings. The van der Waals surface area contributed by atoms with E-state index in [9.17, 15) is 9.59 Å². The van der Waals surface area contributed by atoms with E-state index in [1.54, 1.807) is 37.5 Å².